The van der Waals surface area contributed by atoms with E-state index in [9.17, 15) is 47.4 Å². The first-order valence-corrected chi connectivity index (χ1v) is 21.4. The number of alkyl halides is 3. The Bertz CT molecular complexity index is 3700. The van der Waals surface area contributed by atoms with E-state index in [0.29, 0.717) is 65.0 Å². The van der Waals surface area contributed by atoms with Gasteiger partial charge in [-0.25, -0.2) is 14.4 Å². The summed E-state index contributed by atoms with van der Waals surface area (Å²) < 4.78 is 86.8. The van der Waals surface area contributed by atoms with Crippen LogP contribution in [0.15, 0.2) is 121 Å². The molecule has 0 saturated carbocycles. The first kappa shape index (κ1) is 44.0. The Morgan fingerprint density at radius 1 is 0.765 bits per heavy atom. The molecular weight excluding hydrogens is 892 g/mol. The number of pyridine rings is 1. The van der Waals surface area contributed by atoms with Gasteiger partial charge in [-0.3, -0.25) is 14.2 Å². The minimum Gasteiger partial charge on any atom is -0.478 e. The van der Waals surface area contributed by atoms with Gasteiger partial charge in [0.05, 0.1) is 11.1 Å². The number of hydrogen-bond donors (Lipinski definition) is 2. The van der Waals surface area contributed by atoms with Gasteiger partial charge in [-0.05, 0) is 121 Å². The smallest absolute Gasteiger partial charge is 0.478 e. The Morgan fingerprint density at radius 3 is 1.96 bits per heavy atom. The molecule has 0 radical (unpaired) electrons. The molecule has 10 rings (SSSR count). The zero-order valence-corrected chi connectivity index (χ0v) is 36.9. The Morgan fingerprint density at radius 2 is 1.35 bits per heavy atom. The van der Waals surface area contributed by atoms with Crippen LogP contribution in [0.4, 0.5) is 21.8 Å². The van der Waals surface area contributed by atoms with Crippen molar-refractivity contribution in [2.75, 3.05) is 0 Å². The number of carboxylic acids is 2. The van der Waals surface area contributed by atoms with Crippen molar-refractivity contribution in [2.45, 2.75) is 60.3 Å². The minimum atomic E-state index is -4.74. The highest BCUT2D eigenvalue weighted by molar-refractivity contribution is 6.57. The lowest BCUT2D eigenvalue weighted by atomic mass is 9.74. The highest BCUT2D eigenvalue weighted by Crippen LogP contribution is 2.53. The fraction of sp³-hybridized carbons (Fsp3) is 0.200. The number of fused-ring (bicyclic) bond motifs is 4. The first-order chi connectivity index (χ1) is 32.0. The molecule has 18 heteroatoms. The molecule has 0 amide bonds. The third kappa shape index (κ3) is 6.18. The van der Waals surface area contributed by atoms with E-state index in [1.165, 1.54) is 64.1 Å². The molecule has 7 aromatic rings. The van der Waals surface area contributed by atoms with E-state index < -0.39 is 66.2 Å². The molecule has 2 N–H and O–H groups in total. The van der Waals surface area contributed by atoms with Gasteiger partial charge >= 0.3 is 31.1 Å². The van der Waals surface area contributed by atoms with Crippen molar-refractivity contribution in [1.82, 2.24) is 9.38 Å². The number of esters is 1. The minimum absolute atomic E-state index is 0.00612. The van der Waals surface area contributed by atoms with Crippen LogP contribution in [0.2, 0.25) is 0 Å². The number of aryl methyl sites for hydroxylation is 2. The molecule has 68 heavy (non-hydrogen) atoms. The van der Waals surface area contributed by atoms with E-state index in [4.69, 9.17) is 9.15 Å². The standard InChI is InChI=1S/C50H37BF5N3O9/c1-21-17-30(18-22(2)38(21)43-44-23(3)39(48(63)64)25(5)58(44)51(55,56)59-26(6)40(49(65)66)24(4)45(43)59)67-37(60)20-57-46(61)32-13-12-31-34-19-28(27-7-10-29(11-8-27)50(52,53)54)9-15-35(34)68-36-16-14-33(47(57)62)41(32)42(31)36/h7-19,23,44H,20H2,1-6H3,(H,63,64)(H,65,66). The molecule has 0 bridgehead atoms. The van der Waals surface area contributed by atoms with Crippen molar-refractivity contribution >= 4 is 79.6 Å². The predicted molar refractivity (Wildman–Crippen MR) is 244 cm³/mol. The lowest BCUT2D eigenvalue weighted by Gasteiger charge is -2.46. The summed E-state index contributed by atoms with van der Waals surface area (Å²) in [6.45, 7) is 3.33. The fourth-order valence-corrected chi connectivity index (χ4v) is 11.0. The summed E-state index contributed by atoms with van der Waals surface area (Å²) in [6.07, 6.45) is -4.50. The van der Waals surface area contributed by atoms with Crippen LogP contribution >= 0.6 is 0 Å². The molecule has 5 aromatic carbocycles. The topological polar surface area (TPSA) is 159 Å². The maximum atomic E-state index is 16.8. The van der Waals surface area contributed by atoms with Crippen LogP contribution in [0.1, 0.15) is 49.9 Å². The Kier molecular flexibility index (Phi) is 9.58. The summed E-state index contributed by atoms with van der Waals surface area (Å²) in [5.41, 5.74) is 0.305. The largest absolute Gasteiger partial charge is 0.733 e. The number of ether oxygens (including phenoxy) is 1. The number of carboxylic acid groups (broad SMARTS) is 2. The van der Waals surface area contributed by atoms with Crippen molar-refractivity contribution < 1.29 is 60.0 Å². The number of carbonyl (C=O) groups excluding carboxylic acids is 1. The zero-order chi connectivity index (χ0) is 48.8. The molecule has 12 nitrogen and oxygen atoms in total. The van der Waals surface area contributed by atoms with Crippen molar-refractivity contribution in [3.05, 3.63) is 150 Å². The summed E-state index contributed by atoms with van der Waals surface area (Å²) in [5.74, 6) is -4.72. The number of aromatic nitrogens is 1. The van der Waals surface area contributed by atoms with E-state index in [2.05, 4.69) is 0 Å². The molecule has 2 atom stereocenters. The van der Waals surface area contributed by atoms with Crippen LogP contribution in [0.25, 0.3) is 60.2 Å². The van der Waals surface area contributed by atoms with Crippen molar-refractivity contribution in [3.8, 4) is 16.9 Å². The average Bonchev–Trinajstić information content (AvgIpc) is 3.70. The van der Waals surface area contributed by atoms with Gasteiger partial charge in [0, 0.05) is 57.0 Å². The van der Waals surface area contributed by atoms with E-state index in [1.54, 1.807) is 44.2 Å². The van der Waals surface area contributed by atoms with E-state index >= 15 is 8.63 Å². The predicted octanol–water partition coefficient (Wildman–Crippen LogP) is 9.43. The third-order valence-corrected chi connectivity index (χ3v) is 13.7. The van der Waals surface area contributed by atoms with Gasteiger partial charge < -0.3 is 37.3 Å². The molecule has 3 aliphatic heterocycles. The molecule has 2 aromatic heterocycles. The van der Waals surface area contributed by atoms with Crippen molar-refractivity contribution in [3.63, 3.8) is 0 Å². The van der Waals surface area contributed by atoms with Crippen LogP contribution in [0.3, 0.4) is 0 Å². The lowest BCUT2D eigenvalue weighted by Crippen LogP contribution is -2.62. The van der Waals surface area contributed by atoms with Crippen molar-refractivity contribution in [1.29, 1.82) is 0 Å². The van der Waals surface area contributed by atoms with Gasteiger partial charge in [-0.2, -0.15) is 13.2 Å². The highest BCUT2D eigenvalue weighted by atomic mass is 19.4. The Balaban J connectivity index is 1.01. The highest BCUT2D eigenvalue weighted by Gasteiger charge is 2.65. The number of hydrogen-bond acceptors (Lipinski definition) is 8. The third-order valence-electron chi connectivity index (χ3n) is 13.7. The Hall–Kier alpha value is -7.89. The van der Waals surface area contributed by atoms with Gasteiger partial charge in [0.25, 0.3) is 11.1 Å². The van der Waals surface area contributed by atoms with Crippen LogP contribution in [-0.4, -0.2) is 60.7 Å². The molecular formula is C50H37BF5N3O9. The molecule has 0 fully saturated rings. The van der Waals surface area contributed by atoms with Crippen LogP contribution in [0.5, 0.6) is 5.75 Å². The Labute approximate surface area is 381 Å². The second kappa shape index (κ2) is 14.8. The lowest BCUT2D eigenvalue weighted by molar-refractivity contribution is -0.375. The second-order valence-electron chi connectivity index (χ2n) is 17.6. The van der Waals surface area contributed by atoms with E-state index in [1.807, 2.05) is 0 Å². The van der Waals surface area contributed by atoms with Crippen molar-refractivity contribution in [2.24, 2.45) is 5.92 Å². The van der Waals surface area contributed by atoms with E-state index in [0.717, 1.165) is 21.5 Å². The molecule has 0 saturated heterocycles. The summed E-state index contributed by atoms with van der Waals surface area (Å²) in [6, 6.07) is 17.9. The number of halogens is 5. The summed E-state index contributed by atoms with van der Waals surface area (Å²) in [7, 11) is 0. The normalized spacial score (nSPS) is 18.2. The molecule has 344 valence electrons. The number of nitrogens with zero attached hydrogens (tertiary/aromatic N) is 3. The number of benzene rings is 5. The quantitative estimate of drug-likeness (QED) is 0.0394. The maximum Gasteiger partial charge on any atom is 0.733 e. The van der Waals surface area contributed by atoms with Gasteiger partial charge in [0.2, 0.25) is 0 Å². The van der Waals surface area contributed by atoms with Gasteiger partial charge in [0.1, 0.15) is 34.7 Å². The summed E-state index contributed by atoms with van der Waals surface area (Å²) in [5, 5.41) is 22.5. The van der Waals surface area contributed by atoms with Gasteiger partial charge in [-0.15, -0.1) is 0 Å². The summed E-state index contributed by atoms with van der Waals surface area (Å²) in [4.78, 5) is 67.7. The van der Waals surface area contributed by atoms with Gasteiger partial charge in [0.15, 0.2) is 5.70 Å². The summed E-state index contributed by atoms with van der Waals surface area (Å²) >= 11 is 0. The molecule has 3 aliphatic rings. The SMILES string of the molecule is CC1=C(C(=O)O)C(C)=[N+]2C1=C(c1c(C)cc(OC(=O)Cn3c(=O)c4ccc5oc6ccc(-c7ccc(C(F)(F)F)cc7)cc6c6ccc(c3=O)c4c56)cc1C)C1C(C)C(C(=O)O)=C(C)N1[B-]2(F)F. The number of allylic oxidation sites excluding steroid dienone is 2. The molecule has 5 heterocycles. The van der Waals surface area contributed by atoms with Gasteiger partial charge in [-0.1, -0.05) is 31.2 Å². The number of rotatable bonds is 7. The first-order valence-electron chi connectivity index (χ1n) is 21.4. The molecule has 0 spiro atoms. The number of carbonyl (C=O) groups is 3. The van der Waals surface area contributed by atoms with E-state index in [-0.39, 0.29) is 55.9 Å². The fourth-order valence-electron chi connectivity index (χ4n) is 11.0. The maximum absolute atomic E-state index is 16.8. The number of aliphatic carboxylic acids is 2. The molecule has 0 aliphatic carbocycles. The average molecular weight is 930 g/mol. The zero-order valence-electron chi connectivity index (χ0n) is 36.9. The molecule has 2 unspecified atom stereocenters. The van der Waals surface area contributed by atoms with Crippen LogP contribution in [-0.2, 0) is 27.1 Å². The second-order valence-corrected chi connectivity index (χ2v) is 17.6. The monoisotopic (exact) mass is 929 g/mol. The van der Waals surface area contributed by atoms with Crippen LogP contribution < -0.4 is 15.9 Å². The van der Waals surface area contributed by atoms with Crippen LogP contribution in [0, 0.1) is 19.8 Å².